The molecule has 0 bridgehead atoms. The number of ether oxygens (including phenoxy) is 2. The highest BCUT2D eigenvalue weighted by Gasteiger charge is 2.24. The van der Waals surface area contributed by atoms with Gasteiger partial charge in [0, 0.05) is 31.7 Å². The topological polar surface area (TPSA) is 42.0 Å². The first-order valence-corrected chi connectivity index (χ1v) is 8.78. The van der Waals surface area contributed by atoms with Crippen LogP contribution in [0, 0.1) is 0 Å². The number of benzene rings is 2. The van der Waals surface area contributed by atoms with Crippen molar-refractivity contribution in [3.63, 3.8) is 0 Å². The lowest BCUT2D eigenvalue weighted by atomic mass is 10.1. The van der Waals surface area contributed by atoms with E-state index in [0.717, 1.165) is 23.8 Å². The zero-order chi connectivity index (χ0) is 17.2. The number of hydrogen-bond acceptors (Lipinski definition) is 4. The molecule has 25 heavy (non-hydrogen) atoms. The van der Waals surface area contributed by atoms with Gasteiger partial charge in [-0.1, -0.05) is 23.7 Å². The Morgan fingerprint density at radius 1 is 0.920 bits per heavy atom. The summed E-state index contributed by atoms with van der Waals surface area (Å²) in [5.74, 6) is 1.37. The third-order valence-corrected chi connectivity index (χ3v) is 4.87. The van der Waals surface area contributed by atoms with Crippen molar-refractivity contribution in [3.8, 4) is 11.5 Å². The Labute approximate surface area is 151 Å². The van der Waals surface area contributed by atoms with Crippen molar-refractivity contribution in [2.24, 2.45) is 0 Å². The molecule has 0 radical (unpaired) electrons. The van der Waals surface area contributed by atoms with E-state index < -0.39 is 0 Å². The maximum absolute atomic E-state index is 12.8. The van der Waals surface area contributed by atoms with E-state index in [9.17, 15) is 4.79 Å². The zero-order valence-corrected chi connectivity index (χ0v) is 14.5. The van der Waals surface area contributed by atoms with Crippen molar-refractivity contribution in [2.45, 2.75) is 0 Å². The number of piperazine rings is 1. The van der Waals surface area contributed by atoms with Gasteiger partial charge in [0.25, 0.3) is 5.91 Å². The molecule has 5 nitrogen and oxygen atoms in total. The summed E-state index contributed by atoms with van der Waals surface area (Å²) >= 11 is 6.27. The van der Waals surface area contributed by atoms with Gasteiger partial charge >= 0.3 is 0 Å². The third-order valence-electron chi connectivity index (χ3n) is 4.55. The van der Waals surface area contributed by atoms with E-state index in [1.165, 1.54) is 0 Å². The second kappa shape index (κ2) is 6.84. The van der Waals surface area contributed by atoms with Crippen LogP contribution in [0.2, 0.25) is 5.02 Å². The lowest BCUT2D eigenvalue weighted by Gasteiger charge is -2.36. The van der Waals surface area contributed by atoms with Crippen LogP contribution in [0.4, 0.5) is 5.69 Å². The van der Waals surface area contributed by atoms with Crippen molar-refractivity contribution in [3.05, 3.63) is 53.1 Å². The van der Waals surface area contributed by atoms with Crippen LogP contribution < -0.4 is 14.4 Å². The number of rotatable bonds is 2. The molecule has 0 aromatic heterocycles. The molecule has 2 aliphatic heterocycles. The molecule has 2 heterocycles. The number of anilines is 1. The minimum absolute atomic E-state index is 0.0239. The first-order chi connectivity index (χ1) is 12.2. The molecule has 1 saturated heterocycles. The maximum Gasteiger partial charge on any atom is 0.254 e. The van der Waals surface area contributed by atoms with Crippen LogP contribution in [0.3, 0.4) is 0 Å². The Kier molecular flexibility index (Phi) is 4.40. The standard InChI is InChI=1S/C19H19ClN2O3/c20-15-3-1-2-4-16(15)21-7-9-22(10-8-21)19(23)14-5-6-17-18(13-14)25-12-11-24-17/h1-6,13H,7-12H2. The van der Waals surface area contributed by atoms with Crippen LogP contribution in [0.25, 0.3) is 0 Å². The fraction of sp³-hybridized carbons (Fsp3) is 0.316. The van der Waals surface area contributed by atoms with Gasteiger partial charge in [-0.05, 0) is 30.3 Å². The first kappa shape index (κ1) is 16.1. The van der Waals surface area contributed by atoms with Crippen LogP contribution in [0.1, 0.15) is 10.4 Å². The Hall–Kier alpha value is -2.40. The van der Waals surface area contributed by atoms with Crippen molar-refractivity contribution >= 4 is 23.2 Å². The fourth-order valence-electron chi connectivity index (χ4n) is 3.22. The van der Waals surface area contributed by atoms with E-state index >= 15 is 0 Å². The summed E-state index contributed by atoms with van der Waals surface area (Å²) in [6.07, 6.45) is 0. The molecule has 0 saturated carbocycles. The second-order valence-corrected chi connectivity index (χ2v) is 6.50. The molecule has 0 aliphatic carbocycles. The summed E-state index contributed by atoms with van der Waals surface area (Å²) in [5, 5.41) is 0.745. The number of para-hydroxylation sites is 1. The number of hydrogen-bond donors (Lipinski definition) is 0. The molecule has 130 valence electrons. The average Bonchev–Trinajstić information content (AvgIpc) is 2.67. The normalized spacial score (nSPS) is 16.7. The predicted molar refractivity (Wildman–Crippen MR) is 97.0 cm³/mol. The molecule has 6 heteroatoms. The van der Waals surface area contributed by atoms with E-state index in [0.29, 0.717) is 43.4 Å². The molecule has 1 fully saturated rings. The summed E-state index contributed by atoms with van der Waals surface area (Å²) in [5.41, 5.74) is 1.66. The smallest absolute Gasteiger partial charge is 0.254 e. The van der Waals surface area contributed by atoms with Gasteiger partial charge in [0.2, 0.25) is 0 Å². The molecule has 2 aromatic carbocycles. The SMILES string of the molecule is O=C(c1ccc2c(c1)OCCO2)N1CCN(c2ccccc2Cl)CC1. The van der Waals surface area contributed by atoms with Gasteiger partial charge in [0.1, 0.15) is 13.2 Å². The van der Waals surface area contributed by atoms with Crippen LogP contribution in [-0.4, -0.2) is 50.2 Å². The average molecular weight is 359 g/mol. The summed E-state index contributed by atoms with van der Waals surface area (Å²) in [7, 11) is 0. The van der Waals surface area contributed by atoms with E-state index in [4.69, 9.17) is 21.1 Å². The summed E-state index contributed by atoms with van der Waals surface area (Å²) < 4.78 is 11.1. The number of carbonyl (C=O) groups excluding carboxylic acids is 1. The molecule has 2 aliphatic rings. The number of carbonyl (C=O) groups is 1. The van der Waals surface area contributed by atoms with E-state index in [-0.39, 0.29) is 5.91 Å². The van der Waals surface area contributed by atoms with Crippen molar-refractivity contribution in [1.82, 2.24) is 4.90 Å². The molecule has 0 atom stereocenters. The van der Waals surface area contributed by atoms with Gasteiger partial charge in [0.05, 0.1) is 10.7 Å². The van der Waals surface area contributed by atoms with Crippen LogP contribution >= 0.6 is 11.6 Å². The summed E-state index contributed by atoms with van der Waals surface area (Å²) in [6.45, 7) is 3.92. The summed E-state index contributed by atoms with van der Waals surface area (Å²) in [4.78, 5) is 16.9. The van der Waals surface area contributed by atoms with Gasteiger partial charge in [-0.3, -0.25) is 4.79 Å². The van der Waals surface area contributed by atoms with Crippen LogP contribution in [0.5, 0.6) is 11.5 Å². The first-order valence-electron chi connectivity index (χ1n) is 8.41. The van der Waals surface area contributed by atoms with Gasteiger partial charge < -0.3 is 19.3 Å². The highest BCUT2D eigenvalue weighted by atomic mass is 35.5. The van der Waals surface area contributed by atoms with Crippen LogP contribution in [0.15, 0.2) is 42.5 Å². The third kappa shape index (κ3) is 3.24. The number of amides is 1. The Morgan fingerprint density at radius 3 is 2.40 bits per heavy atom. The fourth-order valence-corrected chi connectivity index (χ4v) is 3.47. The minimum atomic E-state index is 0.0239. The monoisotopic (exact) mass is 358 g/mol. The molecule has 4 rings (SSSR count). The molecule has 2 aromatic rings. The predicted octanol–water partition coefficient (Wildman–Crippen LogP) is 3.07. The molecule has 0 N–H and O–H groups in total. The molecular weight excluding hydrogens is 340 g/mol. The summed E-state index contributed by atoms with van der Waals surface area (Å²) in [6, 6.07) is 13.2. The zero-order valence-electron chi connectivity index (χ0n) is 13.8. The lowest BCUT2D eigenvalue weighted by Crippen LogP contribution is -2.48. The van der Waals surface area contributed by atoms with Crippen LogP contribution in [-0.2, 0) is 0 Å². The van der Waals surface area contributed by atoms with Gasteiger partial charge in [-0.2, -0.15) is 0 Å². The Balaban J connectivity index is 1.44. The molecule has 0 unspecified atom stereocenters. The quantitative estimate of drug-likeness (QED) is 0.827. The number of fused-ring (bicyclic) bond motifs is 1. The van der Waals surface area contributed by atoms with E-state index in [1.54, 1.807) is 12.1 Å². The van der Waals surface area contributed by atoms with Crippen molar-refractivity contribution in [2.75, 3.05) is 44.3 Å². The maximum atomic E-state index is 12.8. The Bertz CT molecular complexity index is 788. The van der Waals surface area contributed by atoms with Gasteiger partial charge in [0.15, 0.2) is 11.5 Å². The highest BCUT2D eigenvalue weighted by molar-refractivity contribution is 6.33. The Morgan fingerprint density at radius 2 is 1.64 bits per heavy atom. The second-order valence-electron chi connectivity index (χ2n) is 6.09. The highest BCUT2D eigenvalue weighted by Crippen LogP contribution is 2.31. The largest absolute Gasteiger partial charge is 0.486 e. The minimum Gasteiger partial charge on any atom is -0.486 e. The van der Waals surface area contributed by atoms with E-state index in [1.807, 2.05) is 35.2 Å². The number of nitrogens with zero attached hydrogens (tertiary/aromatic N) is 2. The van der Waals surface area contributed by atoms with Crippen molar-refractivity contribution < 1.29 is 14.3 Å². The van der Waals surface area contributed by atoms with Gasteiger partial charge in [-0.25, -0.2) is 0 Å². The molecule has 0 spiro atoms. The van der Waals surface area contributed by atoms with Gasteiger partial charge in [-0.15, -0.1) is 0 Å². The number of halogens is 1. The molecular formula is C19H19ClN2O3. The molecule has 1 amide bonds. The van der Waals surface area contributed by atoms with Crippen molar-refractivity contribution in [1.29, 1.82) is 0 Å². The lowest BCUT2D eigenvalue weighted by molar-refractivity contribution is 0.0745. The van der Waals surface area contributed by atoms with E-state index in [2.05, 4.69) is 4.90 Å².